The molecule has 5 rings (SSSR count). The van der Waals surface area contributed by atoms with E-state index in [0.29, 0.717) is 29.9 Å². The van der Waals surface area contributed by atoms with Crippen molar-refractivity contribution in [3.63, 3.8) is 0 Å². The molecule has 10 nitrogen and oxygen atoms in total. The van der Waals surface area contributed by atoms with Crippen molar-refractivity contribution >= 4 is 34.2 Å². The van der Waals surface area contributed by atoms with E-state index >= 15 is 0 Å². The number of pyridine rings is 1. The number of alkyl halides is 2. The number of nitrogens with one attached hydrogen (secondary N) is 1. The summed E-state index contributed by atoms with van der Waals surface area (Å²) in [6.07, 6.45) is 1.52. The molecule has 1 aromatic carbocycles. The summed E-state index contributed by atoms with van der Waals surface area (Å²) in [7, 11) is 2.95. The third-order valence-corrected chi connectivity index (χ3v) is 5.91. The van der Waals surface area contributed by atoms with E-state index in [4.69, 9.17) is 9.47 Å². The second-order valence-electron chi connectivity index (χ2n) is 8.13. The number of aryl methyl sites for hydroxylation is 1. The number of aromatic nitrogens is 5. The Morgan fingerprint density at radius 1 is 1.14 bits per heavy atom. The summed E-state index contributed by atoms with van der Waals surface area (Å²) in [6.45, 7) is 2.87. The number of morpholine rings is 1. The summed E-state index contributed by atoms with van der Waals surface area (Å²) in [5, 5.41) is 2.95. The number of methoxy groups -OCH3 is 1. The van der Waals surface area contributed by atoms with Gasteiger partial charge in [-0.05, 0) is 24.3 Å². The monoisotopic (exact) mass is 495 g/mol. The maximum Gasteiger partial charge on any atom is 0.360 e. The average Bonchev–Trinajstić information content (AvgIpc) is 3.29. The fourth-order valence-corrected chi connectivity index (χ4v) is 4.06. The van der Waals surface area contributed by atoms with Crippen LogP contribution in [0.3, 0.4) is 0 Å². The summed E-state index contributed by atoms with van der Waals surface area (Å²) in [5.41, 5.74) is 1.81. The number of nitrogens with zero attached hydrogens (tertiary/aromatic N) is 6. The van der Waals surface area contributed by atoms with E-state index in [0.717, 1.165) is 18.8 Å². The van der Waals surface area contributed by atoms with Crippen LogP contribution in [0.4, 0.5) is 26.0 Å². The summed E-state index contributed by atoms with van der Waals surface area (Å²) < 4.78 is 40.4. The number of ether oxygens (including phenoxy) is 2. The van der Waals surface area contributed by atoms with Gasteiger partial charge in [0.15, 0.2) is 11.5 Å². The van der Waals surface area contributed by atoms with Crippen LogP contribution in [0.5, 0.6) is 0 Å². The van der Waals surface area contributed by atoms with Crippen LogP contribution in [0.1, 0.15) is 22.6 Å². The highest BCUT2D eigenvalue weighted by atomic mass is 19.3. The predicted molar refractivity (Wildman–Crippen MR) is 129 cm³/mol. The molecule has 0 amide bonds. The molecule has 0 unspecified atom stereocenters. The molecule has 1 fully saturated rings. The summed E-state index contributed by atoms with van der Waals surface area (Å²) in [6, 6.07) is 7.35. The quantitative estimate of drug-likeness (QED) is 0.400. The zero-order valence-corrected chi connectivity index (χ0v) is 19.6. The number of halogens is 2. The van der Waals surface area contributed by atoms with Gasteiger partial charge in [0.1, 0.15) is 16.9 Å². The van der Waals surface area contributed by atoms with Crippen LogP contribution in [-0.4, -0.2) is 63.9 Å². The molecule has 0 spiro atoms. The van der Waals surface area contributed by atoms with Gasteiger partial charge in [-0.2, -0.15) is 0 Å². The van der Waals surface area contributed by atoms with Gasteiger partial charge in [0.25, 0.3) is 6.43 Å². The Bertz CT molecular complexity index is 1400. The van der Waals surface area contributed by atoms with E-state index in [1.165, 1.54) is 13.3 Å². The molecular formula is C24H23F2N7O3. The molecule has 0 radical (unpaired) electrons. The molecule has 1 aliphatic heterocycles. The zero-order chi connectivity index (χ0) is 25.2. The van der Waals surface area contributed by atoms with E-state index in [9.17, 15) is 13.6 Å². The van der Waals surface area contributed by atoms with Crippen molar-refractivity contribution in [2.75, 3.05) is 43.6 Å². The normalized spacial score (nSPS) is 13.9. The number of hydrogen-bond donors (Lipinski definition) is 1. The number of benzene rings is 1. The molecule has 4 aromatic rings. The van der Waals surface area contributed by atoms with Crippen LogP contribution in [0.2, 0.25) is 0 Å². The van der Waals surface area contributed by atoms with Gasteiger partial charge in [0, 0.05) is 43.3 Å². The Hall–Kier alpha value is -4.19. The first-order valence-electron chi connectivity index (χ1n) is 11.2. The molecule has 0 atom stereocenters. The van der Waals surface area contributed by atoms with E-state index in [1.807, 2.05) is 12.1 Å². The molecule has 186 valence electrons. The van der Waals surface area contributed by atoms with Crippen LogP contribution in [0, 0.1) is 0 Å². The average molecular weight is 495 g/mol. The maximum atomic E-state index is 14.2. The summed E-state index contributed by atoms with van der Waals surface area (Å²) in [4.78, 5) is 31.6. The number of carbonyl (C=O) groups is 1. The Kier molecular flexibility index (Phi) is 6.42. The van der Waals surface area contributed by atoms with Gasteiger partial charge in [-0.3, -0.25) is 4.98 Å². The first-order chi connectivity index (χ1) is 17.5. The van der Waals surface area contributed by atoms with Crippen molar-refractivity contribution < 1.29 is 23.0 Å². The molecule has 3 aromatic heterocycles. The van der Waals surface area contributed by atoms with Crippen molar-refractivity contribution in [1.29, 1.82) is 0 Å². The number of fused-ring (bicyclic) bond motifs is 1. The largest absolute Gasteiger partial charge is 0.464 e. The van der Waals surface area contributed by atoms with Crippen molar-refractivity contribution in [2.24, 2.45) is 7.05 Å². The van der Waals surface area contributed by atoms with Gasteiger partial charge in [-0.1, -0.05) is 0 Å². The van der Waals surface area contributed by atoms with E-state index in [-0.39, 0.29) is 22.8 Å². The lowest BCUT2D eigenvalue weighted by molar-refractivity contribution is 0.0594. The summed E-state index contributed by atoms with van der Waals surface area (Å²) in [5.74, 6) is -0.959. The molecule has 1 N–H and O–H groups in total. The van der Waals surface area contributed by atoms with Gasteiger partial charge < -0.3 is 24.3 Å². The smallest absolute Gasteiger partial charge is 0.360 e. The van der Waals surface area contributed by atoms with E-state index in [1.54, 1.807) is 36.3 Å². The number of anilines is 3. The lowest BCUT2D eigenvalue weighted by Crippen LogP contribution is -2.36. The minimum Gasteiger partial charge on any atom is -0.464 e. The highest BCUT2D eigenvalue weighted by Crippen LogP contribution is 2.34. The molecule has 36 heavy (non-hydrogen) atoms. The molecule has 1 aliphatic rings. The SMILES string of the molecule is COC(=O)c1nc(-c2cncc3c2ncn3C)c(C(F)F)nc1Nc1ccc(N2CCOCC2)cc1. The molecule has 1 saturated heterocycles. The van der Waals surface area contributed by atoms with Gasteiger partial charge >= 0.3 is 5.97 Å². The number of esters is 1. The molecule has 4 heterocycles. The second-order valence-corrected chi connectivity index (χ2v) is 8.13. The number of rotatable bonds is 6. The van der Waals surface area contributed by atoms with Crippen LogP contribution in [0.15, 0.2) is 43.0 Å². The van der Waals surface area contributed by atoms with E-state index in [2.05, 4.69) is 30.2 Å². The van der Waals surface area contributed by atoms with Crippen LogP contribution in [0.25, 0.3) is 22.3 Å². The van der Waals surface area contributed by atoms with Crippen molar-refractivity contribution in [1.82, 2.24) is 24.5 Å². The highest BCUT2D eigenvalue weighted by Gasteiger charge is 2.27. The fourth-order valence-electron chi connectivity index (χ4n) is 4.06. The lowest BCUT2D eigenvalue weighted by atomic mass is 10.1. The highest BCUT2D eigenvalue weighted by molar-refractivity contribution is 5.96. The number of hydrogen-bond acceptors (Lipinski definition) is 9. The number of carbonyl (C=O) groups excluding carboxylic acids is 1. The van der Waals surface area contributed by atoms with Crippen molar-refractivity contribution in [2.45, 2.75) is 6.43 Å². The molecule has 0 bridgehead atoms. The molecule has 0 aliphatic carbocycles. The van der Waals surface area contributed by atoms with Crippen LogP contribution < -0.4 is 10.2 Å². The van der Waals surface area contributed by atoms with Gasteiger partial charge in [0.05, 0.1) is 38.4 Å². The van der Waals surface area contributed by atoms with Crippen LogP contribution >= 0.6 is 0 Å². The molecular weight excluding hydrogens is 472 g/mol. The Morgan fingerprint density at radius 3 is 2.58 bits per heavy atom. The topological polar surface area (TPSA) is 107 Å². The minimum absolute atomic E-state index is 0.138. The van der Waals surface area contributed by atoms with Gasteiger partial charge in [-0.25, -0.2) is 28.5 Å². The number of imidazole rings is 1. The Balaban J connectivity index is 1.56. The molecule has 12 heteroatoms. The first kappa shape index (κ1) is 23.5. The zero-order valence-electron chi connectivity index (χ0n) is 19.6. The van der Waals surface area contributed by atoms with Gasteiger partial charge in [-0.15, -0.1) is 0 Å². The Labute approximate surface area is 204 Å². The van der Waals surface area contributed by atoms with Crippen molar-refractivity contribution in [3.8, 4) is 11.3 Å². The van der Waals surface area contributed by atoms with E-state index < -0.39 is 18.1 Å². The summed E-state index contributed by atoms with van der Waals surface area (Å²) >= 11 is 0. The second kappa shape index (κ2) is 9.82. The standard InChI is InChI=1S/C24H23F2N7O3/c1-32-13-28-18-16(11-27-12-17(18)32)19-20(22(25)26)31-23(21(30-19)24(34)35-2)29-14-3-5-15(6-4-14)33-7-9-36-10-8-33/h3-6,11-13,22H,7-10H2,1-2H3,(H,29,31). The van der Waals surface area contributed by atoms with Crippen LogP contribution in [-0.2, 0) is 16.5 Å². The van der Waals surface area contributed by atoms with Gasteiger partial charge in [0.2, 0.25) is 0 Å². The third-order valence-electron chi connectivity index (χ3n) is 5.91. The minimum atomic E-state index is -2.97. The molecule has 0 saturated carbocycles. The Morgan fingerprint density at radius 2 is 1.89 bits per heavy atom. The third kappa shape index (κ3) is 4.42. The maximum absolute atomic E-state index is 14.2. The van der Waals surface area contributed by atoms with Crippen molar-refractivity contribution in [3.05, 3.63) is 54.4 Å². The fraction of sp³-hybridized carbons (Fsp3) is 0.292. The lowest BCUT2D eigenvalue weighted by Gasteiger charge is -2.29. The first-order valence-corrected chi connectivity index (χ1v) is 11.2. The predicted octanol–water partition coefficient (Wildman–Crippen LogP) is 3.73.